The third kappa shape index (κ3) is 2.47. The Labute approximate surface area is 160 Å². The molecule has 2 aromatic carbocycles. The molecule has 0 aliphatic carbocycles. The van der Waals surface area contributed by atoms with E-state index in [1.807, 2.05) is 0 Å². The Balaban J connectivity index is 1.91. The first-order valence-electron chi connectivity index (χ1n) is 8.30. The average Bonchev–Trinajstić information content (AvgIpc) is 2.97. The number of para-hydroxylation sites is 1. The molecule has 0 fully saturated rings. The average molecular weight is 401 g/mol. The fourth-order valence-corrected chi connectivity index (χ4v) is 4.99. The maximum Gasteiger partial charge on any atom is 0.276 e. The van der Waals surface area contributed by atoms with E-state index in [9.17, 15) is 22.7 Å². The van der Waals surface area contributed by atoms with E-state index in [1.165, 1.54) is 23.7 Å². The Morgan fingerprint density at radius 1 is 1.07 bits per heavy atom. The molecule has 2 heterocycles. The molecule has 1 aromatic heterocycles. The Bertz CT molecular complexity index is 1260. The van der Waals surface area contributed by atoms with Crippen LogP contribution in [0.1, 0.15) is 5.69 Å². The summed E-state index contributed by atoms with van der Waals surface area (Å²) in [7, 11) is -1.26. The van der Waals surface area contributed by atoms with Gasteiger partial charge in [0.2, 0.25) is 0 Å². The lowest BCUT2D eigenvalue weighted by atomic mass is 10.2. The molecule has 4 rings (SSSR count). The van der Waals surface area contributed by atoms with Crippen LogP contribution in [0, 0.1) is 5.82 Å². The topological polar surface area (TPSA) is 91.6 Å². The van der Waals surface area contributed by atoms with Crippen molar-refractivity contribution in [1.82, 2.24) is 8.87 Å². The summed E-state index contributed by atoms with van der Waals surface area (Å²) in [6.07, 6.45) is 0. The van der Waals surface area contributed by atoms with Crippen molar-refractivity contribution in [3.8, 4) is 0 Å². The number of hydrogen-bond acceptors (Lipinski definition) is 4. The highest BCUT2D eigenvalue weighted by molar-refractivity contribution is 7.89. The van der Waals surface area contributed by atoms with Crippen LogP contribution in [-0.2, 0) is 21.9 Å². The summed E-state index contributed by atoms with van der Waals surface area (Å²) in [5, 5.41) is 13.8. The molecule has 0 unspecified atom stereocenters. The largest absolute Gasteiger partial charge is 0.504 e. The van der Waals surface area contributed by atoms with E-state index in [0.29, 0.717) is 10.9 Å². The number of anilines is 1. The smallest absolute Gasteiger partial charge is 0.276 e. The molecule has 1 aliphatic heterocycles. The van der Waals surface area contributed by atoms with Crippen LogP contribution in [0.15, 0.2) is 59.1 Å². The van der Waals surface area contributed by atoms with Crippen molar-refractivity contribution >= 4 is 38.3 Å². The molecule has 0 saturated carbocycles. The molecule has 0 atom stereocenters. The van der Waals surface area contributed by atoms with Gasteiger partial charge in [-0.3, -0.25) is 9.10 Å². The second kappa shape index (κ2) is 6.10. The lowest BCUT2D eigenvalue weighted by Gasteiger charge is -2.27. The van der Waals surface area contributed by atoms with Crippen LogP contribution in [0.2, 0.25) is 0 Å². The van der Waals surface area contributed by atoms with Crippen molar-refractivity contribution in [2.45, 2.75) is 4.90 Å². The third-order valence-corrected chi connectivity index (χ3v) is 6.59. The zero-order chi connectivity index (χ0) is 20.2. The standard InChI is InChI=1S/C19H16FN3O4S/c1-22-14-6-4-3-5-13(14)18-15(22)17(24)16(23(2)28(18,26)27)19(25)21-12-9-7-11(20)8-10-12/h3-10,24H,1-2H3,(H,21,25). The lowest BCUT2D eigenvalue weighted by molar-refractivity contribution is -0.113. The van der Waals surface area contributed by atoms with E-state index in [4.69, 9.17) is 0 Å². The molecule has 2 N–H and O–H groups in total. The summed E-state index contributed by atoms with van der Waals surface area (Å²) >= 11 is 0. The van der Waals surface area contributed by atoms with Gasteiger partial charge in [0.05, 0.1) is 0 Å². The maximum absolute atomic E-state index is 13.1. The Kier molecular flexibility index (Phi) is 3.93. The van der Waals surface area contributed by atoms with Crippen LogP contribution < -0.4 is 5.32 Å². The molecule has 0 spiro atoms. The Morgan fingerprint density at radius 2 is 1.71 bits per heavy atom. The highest BCUT2D eigenvalue weighted by Crippen LogP contribution is 2.40. The van der Waals surface area contributed by atoms with Crippen LogP contribution in [-0.4, -0.2) is 35.4 Å². The zero-order valence-corrected chi connectivity index (χ0v) is 15.8. The first kappa shape index (κ1) is 18.1. The van der Waals surface area contributed by atoms with Gasteiger partial charge < -0.3 is 15.0 Å². The summed E-state index contributed by atoms with van der Waals surface area (Å²) in [5.74, 6) is -1.76. The number of hydrogen-bond donors (Lipinski definition) is 2. The number of aryl methyl sites for hydroxylation is 1. The molecule has 0 saturated heterocycles. The number of aliphatic hydroxyl groups excluding tert-OH is 1. The lowest BCUT2D eigenvalue weighted by Crippen LogP contribution is -2.37. The van der Waals surface area contributed by atoms with E-state index in [0.717, 1.165) is 16.4 Å². The molecular formula is C19H16FN3O4S. The molecule has 0 bridgehead atoms. The Hall–Kier alpha value is -3.33. The monoisotopic (exact) mass is 401 g/mol. The number of carbonyl (C=O) groups excluding carboxylic acids is 1. The number of halogens is 1. The van der Waals surface area contributed by atoms with Crippen molar-refractivity contribution in [3.63, 3.8) is 0 Å². The summed E-state index contributed by atoms with van der Waals surface area (Å²) in [4.78, 5) is 12.7. The highest BCUT2D eigenvalue weighted by Gasteiger charge is 2.41. The Morgan fingerprint density at radius 3 is 2.39 bits per heavy atom. The SMILES string of the molecule is CN1C(C(=O)Nc2ccc(F)cc2)=C(O)c2c(c3ccccc3n2C)S1(=O)=O. The predicted molar refractivity (Wildman–Crippen MR) is 102 cm³/mol. The van der Waals surface area contributed by atoms with Gasteiger partial charge in [-0.25, -0.2) is 12.8 Å². The minimum Gasteiger partial charge on any atom is -0.504 e. The van der Waals surface area contributed by atoms with E-state index in [2.05, 4.69) is 5.32 Å². The van der Waals surface area contributed by atoms with Crippen molar-refractivity contribution < 1.29 is 22.7 Å². The third-order valence-electron chi connectivity index (χ3n) is 4.76. The normalized spacial score (nSPS) is 15.6. The number of amides is 1. The number of fused-ring (bicyclic) bond motifs is 3. The number of rotatable bonds is 2. The van der Waals surface area contributed by atoms with E-state index >= 15 is 0 Å². The molecule has 3 aromatic rings. The molecule has 1 aliphatic rings. The fraction of sp³-hybridized carbons (Fsp3) is 0.105. The minimum absolute atomic E-state index is 0.0450. The van der Waals surface area contributed by atoms with Crippen molar-refractivity contribution in [2.75, 3.05) is 12.4 Å². The van der Waals surface area contributed by atoms with Crippen LogP contribution in [0.25, 0.3) is 16.7 Å². The number of likely N-dealkylation sites (N-methyl/N-ethyl adjacent to an activating group) is 1. The van der Waals surface area contributed by atoms with Crippen LogP contribution in [0.4, 0.5) is 10.1 Å². The van der Waals surface area contributed by atoms with Crippen molar-refractivity contribution in [1.29, 1.82) is 0 Å². The minimum atomic E-state index is -4.08. The summed E-state index contributed by atoms with van der Waals surface area (Å²) in [5.41, 5.74) is 0.503. The van der Waals surface area contributed by atoms with Gasteiger partial charge in [0.1, 0.15) is 16.4 Å². The first-order chi connectivity index (χ1) is 13.2. The molecular weight excluding hydrogens is 385 g/mol. The van der Waals surface area contributed by atoms with Crippen LogP contribution in [0.3, 0.4) is 0 Å². The number of carbonyl (C=O) groups is 1. The number of aliphatic hydroxyl groups is 1. The molecule has 9 heteroatoms. The summed E-state index contributed by atoms with van der Waals surface area (Å²) in [6.45, 7) is 0. The van der Waals surface area contributed by atoms with Crippen LogP contribution >= 0.6 is 0 Å². The van der Waals surface area contributed by atoms with Crippen LogP contribution in [0.5, 0.6) is 0 Å². The van der Waals surface area contributed by atoms with Gasteiger partial charge in [-0.1, -0.05) is 18.2 Å². The van der Waals surface area contributed by atoms with Crippen molar-refractivity contribution in [3.05, 3.63) is 65.7 Å². The zero-order valence-electron chi connectivity index (χ0n) is 15.0. The molecule has 144 valence electrons. The quantitative estimate of drug-likeness (QED) is 0.691. The fourth-order valence-electron chi connectivity index (χ4n) is 3.38. The van der Waals surface area contributed by atoms with E-state index in [1.54, 1.807) is 31.3 Å². The number of benzene rings is 2. The molecule has 7 nitrogen and oxygen atoms in total. The molecule has 0 radical (unpaired) electrons. The molecule has 1 amide bonds. The van der Waals surface area contributed by atoms with E-state index < -0.39 is 33.2 Å². The van der Waals surface area contributed by atoms with Gasteiger partial charge in [0, 0.05) is 30.7 Å². The van der Waals surface area contributed by atoms with Gasteiger partial charge in [-0.2, -0.15) is 0 Å². The van der Waals surface area contributed by atoms with Gasteiger partial charge in [0.25, 0.3) is 15.9 Å². The number of aromatic nitrogens is 1. The summed E-state index contributed by atoms with van der Waals surface area (Å²) < 4.78 is 41.6. The molecule has 28 heavy (non-hydrogen) atoms. The maximum atomic E-state index is 13.1. The first-order valence-corrected chi connectivity index (χ1v) is 9.74. The predicted octanol–water partition coefficient (Wildman–Crippen LogP) is 2.82. The van der Waals surface area contributed by atoms with Gasteiger partial charge in [-0.05, 0) is 30.3 Å². The number of sulfonamides is 1. The van der Waals surface area contributed by atoms with Gasteiger partial charge in [-0.15, -0.1) is 0 Å². The van der Waals surface area contributed by atoms with Gasteiger partial charge >= 0.3 is 0 Å². The summed E-state index contributed by atoms with van der Waals surface area (Å²) in [6, 6.07) is 11.8. The van der Waals surface area contributed by atoms with E-state index in [-0.39, 0.29) is 16.3 Å². The number of nitrogens with zero attached hydrogens (tertiary/aromatic N) is 2. The second-order valence-corrected chi connectivity index (χ2v) is 8.29. The van der Waals surface area contributed by atoms with Crippen molar-refractivity contribution in [2.24, 2.45) is 7.05 Å². The second-order valence-electron chi connectivity index (χ2n) is 6.38. The number of nitrogens with one attached hydrogen (secondary N) is 1. The van der Waals surface area contributed by atoms with Gasteiger partial charge in [0.15, 0.2) is 11.5 Å². The highest BCUT2D eigenvalue weighted by atomic mass is 32.2.